The van der Waals surface area contributed by atoms with Gasteiger partial charge >= 0.3 is 6.09 Å². The number of anilines is 3. The van der Waals surface area contributed by atoms with Gasteiger partial charge in [0.1, 0.15) is 29.4 Å². The molecule has 0 bridgehead atoms. The number of piperidine rings is 1. The van der Waals surface area contributed by atoms with E-state index >= 15 is 0 Å². The molecular weight excluding hydrogens is 447 g/mol. The zero-order valence-corrected chi connectivity index (χ0v) is 19.5. The Bertz CT molecular complexity index is 1160. The van der Waals surface area contributed by atoms with Gasteiger partial charge in [-0.05, 0) is 51.8 Å². The Labute approximate surface area is 196 Å². The number of nitrogens with zero attached hydrogens (tertiary/aromatic N) is 4. The lowest BCUT2D eigenvalue weighted by atomic mass is 10.1. The maximum Gasteiger partial charge on any atom is 0.410 e. The number of ether oxygens (including phenoxy) is 1. The number of rotatable bonds is 4. The summed E-state index contributed by atoms with van der Waals surface area (Å²) in [5.41, 5.74) is 0.824. The third-order valence-electron chi connectivity index (χ3n) is 5.20. The molecule has 2 N–H and O–H groups in total. The van der Waals surface area contributed by atoms with Gasteiger partial charge < -0.3 is 20.3 Å². The molecule has 4 rings (SSSR count). The van der Waals surface area contributed by atoms with Crippen molar-refractivity contribution in [1.29, 1.82) is 0 Å². The first-order chi connectivity index (χ1) is 15.7. The van der Waals surface area contributed by atoms with E-state index in [2.05, 4.69) is 25.6 Å². The molecular formula is C23H26ClFN6O2. The zero-order valence-electron chi connectivity index (χ0n) is 18.7. The van der Waals surface area contributed by atoms with E-state index in [1.807, 2.05) is 26.8 Å². The molecule has 0 saturated carbocycles. The average Bonchev–Trinajstić information content (AvgIpc) is 2.76. The number of pyridine rings is 1. The average molecular weight is 473 g/mol. The number of fused-ring (bicyclic) bond motifs is 1. The van der Waals surface area contributed by atoms with E-state index in [0.717, 1.165) is 18.2 Å². The second kappa shape index (κ2) is 9.35. The number of carbonyl (C=O) groups excluding carboxylic acids is 1. The molecule has 1 fully saturated rings. The third kappa shape index (κ3) is 5.78. The van der Waals surface area contributed by atoms with Crippen LogP contribution in [0, 0.1) is 5.82 Å². The van der Waals surface area contributed by atoms with Crippen molar-refractivity contribution in [1.82, 2.24) is 19.9 Å². The molecule has 0 aliphatic carbocycles. The van der Waals surface area contributed by atoms with E-state index in [0.29, 0.717) is 35.9 Å². The van der Waals surface area contributed by atoms with Crippen LogP contribution in [0.25, 0.3) is 10.9 Å². The smallest absolute Gasteiger partial charge is 0.410 e. The summed E-state index contributed by atoms with van der Waals surface area (Å²) in [6, 6.07) is 6.43. The van der Waals surface area contributed by atoms with Crippen LogP contribution in [0.5, 0.6) is 0 Å². The van der Waals surface area contributed by atoms with Crippen LogP contribution in [0.1, 0.15) is 33.6 Å². The van der Waals surface area contributed by atoms with Crippen LogP contribution in [0.4, 0.5) is 26.5 Å². The lowest BCUT2D eigenvalue weighted by Gasteiger charge is -2.33. The van der Waals surface area contributed by atoms with Crippen molar-refractivity contribution < 1.29 is 13.9 Å². The predicted molar refractivity (Wildman–Crippen MR) is 126 cm³/mol. The van der Waals surface area contributed by atoms with Crippen molar-refractivity contribution in [2.45, 2.75) is 45.3 Å². The summed E-state index contributed by atoms with van der Waals surface area (Å²) >= 11 is 5.87. The normalized spacial score (nSPS) is 14.9. The number of hydrogen-bond donors (Lipinski definition) is 2. The summed E-state index contributed by atoms with van der Waals surface area (Å²) < 4.78 is 18.9. The highest BCUT2D eigenvalue weighted by Crippen LogP contribution is 2.27. The van der Waals surface area contributed by atoms with Gasteiger partial charge in [-0.2, -0.15) is 0 Å². The molecule has 0 radical (unpaired) electrons. The summed E-state index contributed by atoms with van der Waals surface area (Å²) in [7, 11) is 0. The largest absolute Gasteiger partial charge is 0.444 e. The van der Waals surface area contributed by atoms with E-state index in [1.165, 1.54) is 18.5 Å². The monoisotopic (exact) mass is 472 g/mol. The number of amides is 1. The standard InChI is InChI=1S/C23H26ClFN6O2/c1-23(2,3)33-22(32)31-8-6-14(7-9-31)29-20-11-19-16(12-26-20)21(28-13-27-19)30-15-4-5-18(25)17(24)10-15/h4-5,10-14H,6-9H2,1-3H3,(H,26,29)(H,27,28,30). The first-order valence-electron chi connectivity index (χ1n) is 10.8. The lowest BCUT2D eigenvalue weighted by molar-refractivity contribution is 0.0210. The quantitative estimate of drug-likeness (QED) is 0.527. The van der Waals surface area contributed by atoms with Crippen molar-refractivity contribution in [3.05, 3.63) is 47.6 Å². The van der Waals surface area contributed by atoms with Gasteiger partial charge in [0.25, 0.3) is 0 Å². The van der Waals surface area contributed by atoms with Gasteiger partial charge in [-0.15, -0.1) is 0 Å². The molecule has 3 aromatic rings. The third-order valence-corrected chi connectivity index (χ3v) is 5.49. The highest BCUT2D eigenvalue weighted by atomic mass is 35.5. The number of hydrogen-bond acceptors (Lipinski definition) is 7. The molecule has 33 heavy (non-hydrogen) atoms. The summed E-state index contributed by atoms with van der Waals surface area (Å²) in [6.45, 7) is 6.84. The first-order valence-corrected chi connectivity index (χ1v) is 11.1. The van der Waals surface area contributed by atoms with Crippen LogP contribution < -0.4 is 10.6 Å². The Morgan fingerprint density at radius 1 is 1.18 bits per heavy atom. The van der Waals surface area contributed by atoms with E-state index < -0.39 is 11.4 Å². The summed E-state index contributed by atoms with van der Waals surface area (Å²) in [4.78, 5) is 27.1. The molecule has 0 spiro atoms. The Balaban J connectivity index is 1.41. The van der Waals surface area contributed by atoms with Crippen LogP contribution in [0.3, 0.4) is 0 Å². The number of nitrogens with one attached hydrogen (secondary N) is 2. The zero-order chi connectivity index (χ0) is 23.6. The fraction of sp³-hybridized carbons (Fsp3) is 0.391. The van der Waals surface area contributed by atoms with Gasteiger partial charge in [-0.25, -0.2) is 24.1 Å². The molecule has 0 atom stereocenters. The summed E-state index contributed by atoms with van der Waals surface area (Å²) in [6.07, 6.45) is 4.46. The van der Waals surface area contributed by atoms with Crippen molar-refractivity contribution in [3.8, 4) is 0 Å². The molecule has 10 heteroatoms. The van der Waals surface area contributed by atoms with Gasteiger partial charge in [-0.3, -0.25) is 0 Å². The number of benzene rings is 1. The maximum atomic E-state index is 13.4. The van der Waals surface area contributed by atoms with Crippen LogP contribution >= 0.6 is 11.6 Å². The summed E-state index contributed by atoms with van der Waals surface area (Å²) in [5.74, 6) is 0.768. The number of likely N-dealkylation sites (tertiary alicyclic amines) is 1. The Kier molecular flexibility index (Phi) is 6.51. The van der Waals surface area contributed by atoms with Crippen LogP contribution in [-0.4, -0.2) is 50.7 Å². The highest BCUT2D eigenvalue weighted by Gasteiger charge is 2.27. The molecule has 174 valence electrons. The second-order valence-corrected chi connectivity index (χ2v) is 9.36. The molecule has 0 unspecified atom stereocenters. The molecule has 1 amide bonds. The first kappa shape index (κ1) is 23.0. The van der Waals surface area contributed by atoms with E-state index in [-0.39, 0.29) is 17.2 Å². The van der Waals surface area contributed by atoms with Crippen molar-refractivity contribution in [2.24, 2.45) is 0 Å². The van der Waals surface area contributed by atoms with Gasteiger partial charge in [-0.1, -0.05) is 11.6 Å². The summed E-state index contributed by atoms with van der Waals surface area (Å²) in [5, 5.41) is 7.32. The molecule has 8 nitrogen and oxygen atoms in total. The number of halogens is 2. The van der Waals surface area contributed by atoms with E-state index in [4.69, 9.17) is 16.3 Å². The number of aromatic nitrogens is 3. The van der Waals surface area contributed by atoms with E-state index in [1.54, 1.807) is 17.2 Å². The number of carbonyl (C=O) groups is 1. The van der Waals surface area contributed by atoms with Crippen LogP contribution in [0.2, 0.25) is 5.02 Å². The minimum atomic E-state index is -0.500. The molecule has 3 heterocycles. The molecule has 1 aliphatic heterocycles. The van der Waals surface area contributed by atoms with Gasteiger partial charge in [0, 0.05) is 37.1 Å². The van der Waals surface area contributed by atoms with E-state index in [9.17, 15) is 9.18 Å². The Hall–Kier alpha value is -3.20. The molecule has 1 aliphatic rings. The van der Waals surface area contributed by atoms with Crippen LogP contribution in [0.15, 0.2) is 36.8 Å². The minimum absolute atomic E-state index is 0.0284. The highest BCUT2D eigenvalue weighted by molar-refractivity contribution is 6.31. The topological polar surface area (TPSA) is 92.3 Å². The maximum absolute atomic E-state index is 13.4. The lowest BCUT2D eigenvalue weighted by Crippen LogP contribution is -2.44. The SMILES string of the molecule is CC(C)(C)OC(=O)N1CCC(Nc2cc3ncnc(Nc4ccc(F)c(Cl)c4)c3cn2)CC1. The van der Waals surface area contributed by atoms with Crippen molar-refractivity contribution in [3.63, 3.8) is 0 Å². The van der Waals surface area contributed by atoms with Gasteiger partial charge in [0.05, 0.1) is 15.9 Å². The predicted octanol–water partition coefficient (Wildman–Crippen LogP) is 5.37. The van der Waals surface area contributed by atoms with Gasteiger partial charge in [0.15, 0.2) is 0 Å². The van der Waals surface area contributed by atoms with Crippen molar-refractivity contribution in [2.75, 3.05) is 23.7 Å². The second-order valence-electron chi connectivity index (χ2n) is 8.95. The molecule has 1 saturated heterocycles. The Morgan fingerprint density at radius 2 is 1.94 bits per heavy atom. The van der Waals surface area contributed by atoms with Crippen LogP contribution in [-0.2, 0) is 4.74 Å². The fourth-order valence-electron chi connectivity index (χ4n) is 3.58. The van der Waals surface area contributed by atoms with Gasteiger partial charge in [0.2, 0.25) is 0 Å². The fourth-order valence-corrected chi connectivity index (χ4v) is 3.76. The van der Waals surface area contributed by atoms with Crippen molar-refractivity contribution >= 4 is 45.9 Å². The Morgan fingerprint density at radius 3 is 2.64 bits per heavy atom. The minimum Gasteiger partial charge on any atom is -0.444 e. The molecule has 2 aromatic heterocycles. The molecule has 1 aromatic carbocycles.